The summed E-state index contributed by atoms with van der Waals surface area (Å²) in [6.45, 7) is 2.80. The van der Waals surface area contributed by atoms with Crippen LogP contribution < -0.4 is 5.73 Å². The molecule has 0 aliphatic heterocycles. The standard InChI is InChI=1S/C13H17N3/c1-2-10-3-5-11(6-4-10)13-12(7-8-14)15-9-16-13/h3-6,9H,2,7-8,14H2,1H3,(H,15,16). The molecule has 2 rings (SSSR count). The smallest absolute Gasteiger partial charge is 0.0929 e. The van der Waals surface area contributed by atoms with Crippen LogP contribution in [0.4, 0.5) is 0 Å². The second-order valence-corrected chi connectivity index (χ2v) is 3.82. The monoisotopic (exact) mass is 215 g/mol. The molecule has 0 amide bonds. The number of benzene rings is 1. The van der Waals surface area contributed by atoms with E-state index in [1.165, 1.54) is 5.56 Å². The van der Waals surface area contributed by atoms with Gasteiger partial charge in [-0.1, -0.05) is 31.2 Å². The average Bonchev–Trinajstić information content (AvgIpc) is 2.78. The van der Waals surface area contributed by atoms with Crippen molar-refractivity contribution in [1.82, 2.24) is 9.97 Å². The molecule has 3 N–H and O–H groups in total. The van der Waals surface area contributed by atoms with Gasteiger partial charge in [-0.3, -0.25) is 0 Å². The number of rotatable bonds is 4. The van der Waals surface area contributed by atoms with Gasteiger partial charge in [0.05, 0.1) is 12.0 Å². The summed E-state index contributed by atoms with van der Waals surface area (Å²) in [6, 6.07) is 8.54. The fraction of sp³-hybridized carbons (Fsp3) is 0.308. The number of nitrogens with one attached hydrogen (secondary N) is 1. The Bertz CT molecular complexity index is 442. The molecular formula is C13H17N3. The van der Waals surface area contributed by atoms with Crippen molar-refractivity contribution in [3.63, 3.8) is 0 Å². The SMILES string of the molecule is CCc1ccc(-c2nc[nH]c2CCN)cc1. The molecule has 0 saturated heterocycles. The number of aryl methyl sites for hydroxylation is 1. The molecule has 16 heavy (non-hydrogen) atoms. The molecule has 0 aliphatic carbocycles. The maximum Gasteiger partial charge on any atom is 0.0929 e. The van der Waals surface area contributed by atoms with Crippen molar-refractivity contribution in [3.05, 3.63) is 41.9 Å². The first kappa shape index (κ1) is 10.9. The lowest BCUT2D eigenvalue weighted by Gasteiger charge is -2.03. The van der Waals surface area contributed by atoms with Gasteiger partial charge in [0.15, 0.2) is 0 Å². The summed E-state index contributed by atoms with van der Waals surface area (Å²) < 4.78 is 0. The number of nitrogens with zero attached hydrogens (tertiary/aromatic N) is 1. The fourth-order valence-electron chi connectivity index (χ4n) is 1.80. The second kappa shape index (κ2) is 4.94. The molecule has 1 heterocycles. The van der Waals surface area contributed by atoms with E-state index in [4.69, 9.17) is 5.73 Å². The van der Waals surface area contributed by atoms with Crippen molar-refractivity contribution in [2.24, 2.45) is 5.73 Å². The van der Waals surface area contributed by atoms with Crippen molar-refractivity contribution in [3.8, 4) is 11.3 Å². The lowest BCUT2D eigenvalue weighted by atomic mass is 10.1. The summed E-state index contributed by atoms with van der Waals surface area (Å²) in [5.41, 5.74) is 10.2. The highest BCUT2D eigenvalue weighted by molar-refractivity contribution is 5.62. The van der Waals surface area contributed by atoms with E-state index in [-0.39, 0.29) is 0 Å². The Kier molecular flexibility index (Phi) is 3.37. The van der Waals surface area contributed by atoms with E-state index >= 15 is 0 Å². The number of H-pyrrole nitrogens is 1. The van der Waals surface area contributed by atoms with Gasteiger partial charge in [-0.15, -0.1) is 0 Å². The van der Waals surface area contributed by atoms with Gasteiger partial charge >= 0.3 is 0 Å². The molecule has 0 fully saturated rings. The molecule has 0 unspecified atom stereocenters. The summed E-state index contributed by atoms with van der Waals surface area (Å²) in [5, 5.41) is 0. The maximum atomic E-state index is 5.56. The first-order chi connectivity index (χ1) is 7.85. The summed E-state index contributed by atoms with van der Waals surface area (Å²) >= 11 is 0. The summed E-state index contributed by atoms with van der Waals surface area (Å²) in [5.74, 6) is 0. The lowest BCUT2D eigenvalue weighted by molar-refractivity contribution is 0.937. The summed E-state index contributed by atoms with van der Waals surface area (Å²) in [4.78, 5) is 7.49. The zero-order valence-corrected chi connectivity index (χ0v) is 9.53. The summed E-state index contributed by atoms with van der Waals surface area (Å²) in [6.07, 6.45) is 3.63. The topological polar surface area (TPSA) is 54.7 Å². The Hall–Kier alpha value is -1.61. The van der Waals surface area contributed by atoms with Gasteiger partial charge in [0.2, 0.25) is 0 Å². The highest BCUT2D eigenvalue weighted by Crippen LogP contribution is 2.21. The fourth-order valence-corrected chi connectivity index (χ4v) is 1.80. The number of hydrogen-bond donors (Lipinski definition) is 2. The third-order valence-electron chi connectivity index (χ3n) is 2.75. The van der Waals surface area contributed by atoms with E-state index in [9.17, 15) is 0 Å². The third kappa shape index (κ3) is 2.14. The highest BCUT2D eigenvalue weighted by Gasteiger charge is 2.06. The van der Waals surface area contributed by atoms with Crippen molar-refractivity contribution >= 4 is 0 Å². The number of aromatic nitrogens is 2. The van der Waals surface area contributed by atoms with E-state index < -0.39 is 0 Å². The van der Waals surface area contributed by atoms with Crippen molar-refractivity contribution in [2.75, 3.05) is 6.54 Å². The molecule has 0 saturated carbocycles. The zero-order chi connectivity index (χ0) is 11.4. The Morgan fingerprint density at radius 1 is 1.25 bits per heavy atom. The van der Waals surface area contributed by atoms with Gasteiger partial charge in [0.1, 0.15) is 0 Å². The molecular weight excluding hydrogens is 198 g/mol. The molecule has 0 aliphatic rings. The predicted octanol–water partition coefficient (Wildman–Crippen LogP) is 2.14. The van der Waals surface area contributed by atoms with Crippen molar-refractivity contribution < 1.29 is 0 Å². The molecule has 3 nitrogen and oxygen atoms in total. The van der Waals surface area contributed by atoms with E-state index in [2.05, 4.69) is 41.2 Å². The Balaban J connectivity index is 2.31. The van der Waals surface area contributed by atoms with Crippen LogP contribution in [0.2, 0.25) is 0 Å². The first-order valence-electron chi connectivity index (χ1n) is 5.66. The number of nitrogens with two attached hydrogens (primary N) is 1. The first-order valence-corrected chi connectivity index (χ1v) is 5.66. The molecule has 3 heteroatoms. The normalized spacial score (nSPS) is 10.6. The van der Waals surface area contributed by atoms with Crippen LogP contribution in [-0.4, -0.2) is 16.5 Å². The Morgan fingerprint density at radius 2 is 2.00 bits per heavy atom. The molecule has 0 bridgehead atoms. The van der Waals surface area contributed by atoms with Crippen LogP contribution >= 0.6 is 0 Å². The van der Waals surface area contributed by atoms with E-state index in [1.807, 2.05) is 0 Å². The quantitative estimate of drug-likeness (QED) is 0.821. The van der Waals surface area contributed by atoms with E-state index in [1.54, 1.807) is 6.33 Å². The minimum atomic E-state index is 0.641. The predicted molar refractivity (Wildman–Crippen MR) is 66.2 cm³/mol. The van der Waals surface area contributed by atoms with Crippen LogP contribution in [0.1, 0.15) is 18.2 Å². The van der Waals surface area contributed by atoms with Crippen LogP contribution in [0.5, 0.6) is 0 Å². The number of imidazole rings is 1. The van der Waals surface area contributed by atoms with E-state index in [0.29, 0.717) is 6.54 Å². The Labute approximate surface area is 95.7 Å². The van der Waals surface area contributed by atoms with Gasteiger partial charge in [-0.25, -0.2) is 4.98 Å². The van der Waals surface area contributed by atoms with Crippen LogP contribution in [0.3, 0.4) is 0 Å². The molecule has 0 spiro atoms. The largest absolute Gasteiger partial charge is 0.348 e. The van der Waals surface area contributed by atoms with Gasteiger partial charge in [-0.05, 0) is 18.5 Å². The molecule has 1 aromatic carbocycles. The number of hydrogen-bond acceptors (Lipinski definition) is 2. The zero-order valence-electron chi connectivity index (χ0n) is 9.53. The molecule has 84 valence electrons. The van der Waals surface area contributed by atoms with Crippen LogP contribution in [0, 0.1) is 0 Å². The molecule has 0 radical (unpaired) electrons. The van der Waals surface area contributed by atoms with Crippen LogP contribution in [0.15, 0.2) is 30.6 Å². The third-order valence-corrected chi connectivity index (χ3v) is 2.75. The van der Waals surface area contributed by atoms with Crippen LogP contribution in [-0.2, 0) is 12.8 Å². The highest BCUT2D eigenvalue weighted by atomic mass is 14.9. The summed E-state index contributed by atoms with van der Waals surface area (Å²) in [7, 11) is 0. The van der Waals surface area contributed by atoms with Gasteiger partial charge < -0.3 is 10.7 Å². The second-order valence-electron chi connectivity index (χ2n) is 3.82. The van der Waals surface area contributed by atoms with Gasteiger partial charge in [-0.2, -0.15) is 0 Å². The number of aromatic amines is 1. The average molecular weight is 215 g/mol. The minimum absolute atomic E-state index is 0.641. The van der Waals surface area contributed by atoms with Crippen LogP contribution in [0.25, 0.3) is 11.3 Å². The molecule has 1 aromatic heterocycles. The van der Waals surface area contributed by atoms with Crippen molar-refractivity contribution in [1.29, 1.82) is 0 Å². The lowest BCUT2D eigenvalue weighted by Crippen LogP contribution is -2.04. The Morgan fingerprint density at radius 3 is 2.62 bits per heavy atom. The van der Waals surface area contributed by atoms with Gasteiger partial charge in [0.25, 0.3) is 0 Å². The van der Waals surface area contributed by atoms with Crippen molar-refractivity contribution in [2.45, 2.75) is 19.8 Å². The minimum Gasteiger partial charge on any atom is -0.348 e. The molecule has 0 atom stereocenters. The molecule has 2 aromatic rings. The van der Waals surface area contributed by atoms with E-state index in [0.717, 1.165) is 29.8 Å². The maximum absolute atomic E-state index is 5.56. The van der Waals surface area contributed by atoms with Gasteiger partial charge in [0, 0.05) is 17.7 Å².